The Morgan fingerprint density at radius 1 is 1.08 bits per heavy atom. The van der Waals surface area contributed by atoms with Crippen molar-refractivity contribution in [2.24, 2.45) is 0 Å². The lowest BCUT2D eigenvalue weighted by Gasteiger charge is -2.10. The molecular weight excluding hydrogens is 330 g/mol. The van der Waals surface area contributed by atoms with Gasteiger partial charge in [0.25, 0.3) is 5.91 Å². The van der Waals surface area contributed by atoms with Crippen LogP contribution in [-0.2, 0) is 16.1 Å². The summed E-state index contributed by atoms with van der Waals surface area (Å²) in [6.07, 6.45) is 0. The Morgan fingerprint density at radius 3 is 2.54 bits per heavy atom. The molecule has 0 saturated heterocycles. The second-order valence-corrected chi connectivity index (χ2v) is 5.27. The summed E-state index contributed by atoms with van der Waals surface area (Å²) in [5.41, 5.74) is 1.08. The van der Waals surface area contributed by atoms with E-state index in [-0.39, 0.29) is 13.2 Å². The Labute approximate surface area is 145 Å². The molecule has 24 heavy (non-hydrogen) atoms. The maximum absolute atomic E-state index is 12.2. The first-order valence-electron chi connectivity index (χ1n) is 7.51. The van der Waals surface area contributed by atoms with E-state index >= 15 is 0 Å². The average Bonchev–Trinajstić information content (AvgIpc) is 2.60. The molecule has 0 heterocycles. The fourth-order valence-corrected chi connectivity index (χ4v) is 2.20. The average molecular weight is 348 g/mol. The van der Waals surface area contributed by atoms with E-state index in [2.05, 4.69) is 5.32 Å². The molecular formula is C18H18ClNO4. The number of nitrogens with one attached hydrogen (secondary N) is 1. The van der Waals surface area contributed by atoms with Crippen molar-refractivity contribution in [2.45, 2.75) is 13.5 Å². The van der Waals surface area contributed by atoms with E-state index in [1.807, 2.05) is 13.0 Å². The van der Waals surface area contributed by atoms with Crippen LogP contribution in [0, 0.1) is 0 Å². The largest absolute Gasteiger partial charge is 0.493 e. The zero-order valence-corrected chi connectivity index (χ0v) is 14.0. The van der Waals surface area contributed by atoms with Crippen LogP contribution in [0.4, 0.5) is 0 Å². The van der Waals surface area contributed by atoms with Gasteiger partial charge in [-0.3, -0.25) is 9.59 Å². The molecule has 126 valence electrons. The van der Waals surface area contributed by atoms with E-state index in [1.54, 1.807) is 42.5 Å². The summed E-state index contributed by atoms with van der Waals surface area (Å²) >= 11 is 5.99. The summed E-state index contributed by atoms with van der Waals surface area (Å²) in [6.45, 7) is 2.11. The van der Waals surface area contributed by atoms with Gasteiger partial charge in [0.2, 0.25) is 0 Å². The van der Waals surface area contributed by atoms with Crippen molar-refractivity contribution in [1.82, 2.24) is 5.32 Å². The molecule has 0 fully saturated rings. The normalized spacial score (nSPS) is 10.1. The van der Waals surface area contributed by atoms with Crippen molar-refractivity contribution in [3.8, 4) is 5.75 Å². The van der Waals surface area contributed by atoms with Crippen LogP contribution < -0.4 is 10.1 Å². The number of halogens is 1. The number of carbonyl (C=O) groups excluding carboxylic acids is 2. The smallest absolute Gasteiger partial charge is 0.325 e. The van der Waals surface area contributed by atoms with Crippen LogP contribution in [0.2, 0.25) is 5.02 Å². The topological polar surface area (TPSA) is 64.6 Å². The molecule has 0 aliphatic rings. The summed E-state index contributed by atoms with van der Waals surface area (Å²) in [5, 5.41) is 3.05. The van der Waals surface area contributed by atoms with Gasteiger partial charge < -0.3 is 14.8 Å². The summed E-state index contributed by atoms with van der Waals surface area (Å²) in [7, 11) is 0. The second kappa shape index (κ2) is 8.93. The lowest BCUT2D eigenvalue weighted by molar-refractivity contribution is -0.143. The van der Waals surface area contributed by atoms with Gasteiger partial charge in [0.05, 0.1) is 12.2 Å². The predicted molar refractivity (Wildman–Crippen MR) is 91.2 cm³/mol. The van der Waals surface area contributed by atoms with Crippen molar-refractivity contribution >= 4 is 23.5 Å². The van der Waals surface area contributed by atoms with Gasteiger partial charge in [-0.05, 0) is 25.1 Å². The minimum absolute atomic E-state index is 0.0594. The quantitative estimate of drug-likeness (QED) is 0.781. The Balaban J connectivity index is 1.85. The van der Waals surface area contributed by atoms with Gasteiger partial charge in [-0.2, -0.15) is 0 Å². The minimum atomic E-state index is -0.544. The molecule has 2 aromatic carbocycles. The Morgan fingerprint density at radius 2 is 1.79 bits per heavy atom. The van der Waals surface area contributed by atoms with Crippen LogP contribution in [0.15, 0.2) is 48.5 Å². The zero-order chi connectivity index (χ0) is 17.4. The lowest BCUT2D eigenvalue weighted by atomic mass is 10.2. The molecule has 0 unspecified atom stereocenters. The Hall–Kier alpha value is -2.53. The van der Waals surface area contributed by atoms with Gasteiger partial charge >= 0.3 is 5.97 Å². The maximum Gasteiger partial charge on any atom is 0.325 e. The number of para-hydroxylation sites is 1. The molecule has 5 nitrogen and oxygen atoms in total. The van der Waals surface area contributed by atoms with E-state index < -0.39 is 11.9 Å². The molecule has 0 aliphatic heterocycles. The first-order valence-corrected chi connectivity index (χ1v) is 7.88. The van der Waals surface area contributed by atoms with Crippen LogP contribution in [0.25, 0.3) is 0 Å². The van der Waals surface area contributed by atoms with Crippen LogP contribution in [0.3, 0.4) is 0 Å². The number of amides is 1. The molecule has 0 aromatic heterocycles. The third-order valence-corrected chi connectivity index (χ3v) is 3.54. The molecule has 0 aliphatic carbocycles. The number of hydrogen-bond donors (Lipinski definition) is 1. The highest BCUT2D eigenvalue weighted by Gasteiger charge is 2.13. The number of rotatable bonds is 7. The van der Waals surface area contributed by atoms with E-state index in [4.69, 9.17) is 21.1 Å². The second-order valence-electron chi connectivity index (χ2n) is 4.86. The molecule has 0 bridgehead atoms. The third-order valence-electron chi connectivity index (χ3n) is 3.17. The summed E-state index contributed by atoms with van der Waals surface area (Å²) in [4.78, 5) is 23.9. The lowest BCUT2D eigenvalue weighted by Crippen LogP contribution is -2.30. The first kappa shape index (κ1) is 17.8. The molecule has 0 atom stereocenters. The van der Waals surface area contributed by atoms with Crippen molar-refractivity contribution < 1.29 is 19.1 Å². The number of hydrogen-bond acceptors (Lipinski definition) is 4. The fraction of sp³-hybridized carbons (Fsp3) is 0.222. The molecule has 0 radical (unpaired) electrons. The van der Waals surface area contributed by atoms with E-state index in [0.29, 0.717) is 28.5 Å². The molecule has 2 rings (SSSR count). The molecule has 6 heteroatoms. The SMILES string of the molecule is CCOc1ccccc1C(=O)NCC(=O)OCc1ccccc1Cl. The van der Waals surface area contributed by atoms with Gasteiger partial charge in [0.1, 0.15) is 18.9 Å². The third kappa shape index (κ3) is 4.99. The minimum Gasteiger partial charge on any atom is -0.493 e. The molecule has 2 aromatic rings. The van der Waals surface area contributed by atoms with Crippen molar-refractivity contribution in [1.29, 1.82) is 0 Å². The molecule has 0 saturated carbocycles. The number of ether oxygens (including phenoxy) is 2. The van der Waals surface area contributed by atoms with Gasteiger partial charge in [0.15, 0.2) is 0 Å². The van der Waals surface area contributed by atoms with Crippen LogP contribution >= 0.6 is 11.6 Å². The summed E-state index contributed by atoms with van der Waals surface area (Å²) in [5.74, 6) is -0.465. The summed E-state index contributed by atoms with van der Waals surface area (Å²) < 4.78 is 10.5. The first-order chi connectivity index (χ1) is 11.6. The van der Waals surface area contributed by atoms with Gasteiger partial charge in [-0.1, -0.05) is 41.9 Å². The van der Waals surface area contributed by atoms with E-state index in [9.17, 15) is 9.59 Å². The van der Waals surface area contributed by atoms with Crippen molar-refractivity contribution in [3.05, 3.63) is 64.7 Å². The van der Waals surface area contributed by atoms with Gasteiger partial charge in [-0.15, -0.1) is 0 Å². The van der Waals surface area contributed by atoms with Crippen molar-refractivity contribution in [2.75, 3.05) is 13.2 Å². The molecule has 1 amide bonds. The Kier molecular flexibility index (Phi) is 6.63. The van der Waals surface area contributed by atoms with Crippen molar-refractivity contribution in [3.63, 3.8) is 0 Å². The van der Waals surface area contributed by atoms with Crippen LogP contribution in [-0.4, -0.2) is 25.0 Å². The maximum atomic E-state index is 12.2. The Bertz CT molecular complexity index is 718. The number of esters is 1. The monoisotopic (exact) mass is 347 g/mol. The number of carbonyl (C=O) groups is 2. The molecule has 0 spiro atoms. The number of benzene rings is 2. The highest BCUT2D eigenvalue weighted by molar-refractivity contribution is 6.31. The van der Waals surface area contributed by atoms with Crippen LogP contribution in [0.5, 0.6) is 5.75 Å². The van der Waals surface area contributed by atoms with Gasteiger partial charge in [-0.25, -0.2) is 0 Å². The zero-order valence-electron chi connectivity index (χ0n) is 13.3. The predicted octanol–water partition coefficient (Wildman–Crippen LogP) is 3.21. The molecule has 1 N–H and O–H groups in total. The van der Waals surface area contributed by atoms with Gasteiger partial charge in [0, 0.05) is 10.6 Å². The van der Waals surface area contributed by atoms with E-state index in [1.165, 1.54) is 0 Å². The highest BCUT2D eigenvalue weighted by atomic mass is 35.5. The summed E-state index contributed by atoms with van der Waals surface area (Å²) in [6, 6.07) is 13.9. The van der Waals surface area contributed by atoms with Crippen LogP contribution in [0.1, 0.15) is 22.8 Å². The highest BCUT2D eigenvalue weighted by Crippen LogP contribution is 2.18. The fourth-order valence-electron chi connectivity index (χ4n) is 2.01. The standard InChI is InChI=1S/C18H18ClNO4/c1-2-23-16-10-6-4-8-14(16)18(22)20-11-17(21)24-12-13-7-3-5-9-15(13)19/h3-10H,2,11-12H2,1H3,(H,20,22). The van der Waals surface area contributed by atoms with E-state index in [0.717, 1.165) is 0 Å².